The molecule has 1 aromatic carbocycles. The van der Waals surface area contributed by atoms with E-state index in [1.807, 2.05) is 38.9 Å². The van der Waals surface area contributed by atoms with Crippen LogP contribution in [-0.4, -0.2) is 37.8 Å². The SMILES string of the molecule is CC1(C)CCC(c2nc(N3CN=C4c5ccccc5-n5c(cnc5Cl)N43)no2)O1. The van der Waals surface area contributed by atoms with Crippen LogP contribution in [0.25, 0.3) is 5.69 Å². The molecule has 1 unspecified atom stereocenters. The summed E-state index contributed by atoms with van der Waals surface area (Å²) in [6, 6.07) is 7.96. The van der Waals surface area contributed by atoms with E-state index in [9.17, 15) is 0 Å². The topological polar surface area (TPSA) is 84.8 Å². The molecule has 3 aliphatic heterocycles. The standard InChI is InChI=1S/C19H18ClN7O2/c1-19(2)8-7-13(28-19)16-23-18(24-29-16)25-10-22-15-11-5-3-4-6-12(11)26-14(27(15)25)9-21-17(26)20/h3-6,9,13H,7-8,10H2,1-2H3. The second-order valence-corrected chi connectivity index (χ2v) is 8.25. The monoisotopic (exact) mass is 411 g/mol. The summed E-state index contributed by atoms with van der Waals surface area (Å²) in [6.07, 6.45) is 3.34. The van der Waals surface area contributed by atoms with Gasteiger partial charge in [-0.3, -0.25) is 4.57 Å². The molecule has 0 aliphatic carbocycles. The minimum absolute atomic E-state index is 0.178. The van der Waals surface area contributed by atoms with E-state index in [1.54, 1.807) is 6.20 Å². The lowest BCUT2D eigenvalue weighted by molar-refractivity contribution is -0.0292. The number of imidazole rings is 1. The molecule has 5 heterocycles. The summed E-state index contributed by atoms with van der Waals surface area (Å²) in [6.45, 7) is 4.50. The number of hydrogen-bond donors (Lipinski definition) is 0. The minimum atomic E-state index is -0.184. The molecular formula is C19H18ClN7O2. The largest absolute Gasteiger partial charge is 0.362 e. The summed E-state index contributed by atoms with van der Waals surface area (Å²) >= 11 is 6.39. The molecule has 0 bridgehead atoms. The number of aromatic nitrogens is 4. The Morgan fingerprint density at radius 2 is 2.10 bits per heavy atom. The Bertz CT molecular complexity index is 1150. The summed E-state index contributed by atoms with van der Waals surface area (Å²) in [5.74, 6) is 2.49. The predicted molar refractivity (Wildman–Crippen MR) is 106 cm³/mol. The molecular weight excluding hydrogens is 394 g/mol. The van der Waals surface area contributed by atoms with Crippen LogP contribution in [0.5, 0.6) is 0 Å². The highest BCUT2D eigenvalue weighted by atomic mass is 35.5. The smallest absolute Gasteiger partial charge is 0.287 e. The van der Waals surface area contributed by atoms with Gasteiger partial charge in [0.05, 0.1) is 17.5 Å². The van der Waals surface area contributed by atoms with E-state index in [0.29, 0.717) is 23.8 Å². The van der Waals surface area contributed by atoms with Gasteiger partial charge in [0.1, 0.15) is 12.8 Å². The quantitative estimate of drug-likeness (QED) is 0.638. The van der Waals surface area contributed by atoms with E-state index in [-0.39, 0.29) is 11.7 Å². The highest BCUT2D eigenvalue weighted by Gasteiger charge is 2.40. The third-order valence-electron chi connectivity index (χ3n) is 5.51. The van der Waals surface area contributed by atoms with Gasteiger partial charge in [0.25, 0.3) is 11.8 Å². The van der Waals surface area contributed by atoms with Gasteiger partial charge in [-0.05, 0) is 55.6 Å². The second-order valence-electron chi connectivity index (χ2n) is 7.91. The number of benzene rings is 1. The number of halogens is 1. The number of amidine groups is 1. The molecule has 2 aromatic heterocycles. The lowest BCUT2D eigenvalue weighted by Crippen LogP contribution is -2.46. The molecule has 0 radical (unpaired) electrons. The summed E-state index contributed by atoms with van der Waals surface area (Å²) in [4.78, 5) is 13.6. The Morgan fingerprint density at radius 3 is 2.93 bits per heavy atom. The molecule has 3 aliphatic rings. The van der Waals surface area contributed by atoms with Crippen molar-refractivity contribution in [3.8, 4) is 5.69 Å². The normalized spacial score (nSPS) is 21.8. The first-order valence-corrected chi connectivity index (χ1v) is 9.86. The zero-order valence-corrected chi connectivity index (χ0v) is 16.7. The third-order valence-corrected chi connectivity index (χ3v) is 5.77. The third kappa shape index (κ3) is 2.44. The Morgan fingerprint density at radius 1 is 1.24 bits per heavy atom. The van der Waals surface area contributed by atoms with Gasteiger partial charge in [0, 0.05) is 5.56 Å². The lowest BCUT2D eigenvalue weighted by Gasteiger charge is -2.33. The summed E-state index contributed by atoms with van der Waals surface area (Å²) in [5.41, 5.74) is 1.73. The van der Waals surface area contributed by atoms with Crippen molar-refractivity contribution >= 4 is 29.2 Å². The number of ether oxygens (including phenoxy) is 1. The number of rotatable bonds is 2. The van der Waals surface area contributed by atoms with Crippen LogP contribution in [0.1, 0.15) is 44.2 Å². The van der Waals surface area contributed by atoms with Gasteiger partial charge in [0.2, 0.25) is 5.28 Å². The average molecular weight is 412 g/mol. The first kappa shape index (κ1) is 17.0. The Kier molecular flexibility index (Phi) is 3.40. The first-order chi connectivity index (χ1) is 14.0. The number of para-hydroxylation sites is 1. The Hall–Kier alpha value is -2.91. The van der Waals surface area contributed by atoms with Gasteiger partial charge in [-0.1, -0.05) is 12.1 Å². The van der Waals surface area contributed by atoms with Crippen molar-refractivity contribution in [3.05, 3.63) is 47.2 Å². The number of hydrazine groups is 1. The molecule has 6 rings (SSSR count). The van der Waals surface area contributed by atoms with Crippen molar-refractivity contribution in [2.45, 2.75) is 38.4 Å². The number of anilines is 2. The fourth-order valence-electron chi connectivity index (χ4n) is 4.13. The van der Waals surface area contributed by atoms with E-state index in [2.05, 4.69) is 29.0 Å². The summed E-state index contributed by atoms with van der Waals surface area (Å²) in [5, 5.41) is 8.36. The molecule has 3 aromatic rings. The highest BCUT2D eigenvalue weighted by Crippen LogP contribution is 2.40. The molecule has 0 N–H and O–H groups in total. The lowest BCUT2D eigenvalue weighted by atomic mass is 10.1. The zero-order valence-electron chi connectivity index (χ0n) is 15.9. The number of hydrogen-bond acceptors (Lipinski definition) is 8. The molecule has 1 saturated heterocycles. The summed E-state index contributed by atoms with van der Waals surface area (Å²) < 4.78 is 13.5. The number of fused-ring (bicyclic) bond motifs is 6. The molecule has 0 amide bonds. The zero-order chi connectivity index (χ0) is 19.8. The van der Waals surface area contributed by atoms with Gasteiger partial charge in [-0.2, -0.15) is 4.98 Å². The maximum absolute atomic E-state index is 6.39. The molecule has 0 spiro atoms. The van der Waals surface area contributed by atoms with Crippen molar-refractivity contribution in [2.24, 2.45) is 4.99 Å². The van der Waals surface area contributed by atoms with Crippen molar-refractivity contribution in [1.82, 2.24) is 19.7 Å². The maximum Gasteiger partial charge on any atom is 0.287 e. The van der Waals surface area contributed by atoms with Gasteiger partial charge in [-0.15, -0.1) is 0 Å². The van der Waals surface area contributed by atoms with E-state index < -0.39 is 0 Å². The van der Waals surface area contributed by atoms with Gasteiger partial charge < -0.3 is 9.26 Å². The second kappa shape index (κ2) is 5.80. The fourth-order valence-corrected chi connectivity index (χ4v) is 4.36. The van der Waals surface area contributed by atoms with Crippen molar-refractivity contribution in [2.75, 3.05) is 16.7 Å². The molecule has 10 heteroatoms. The summed E-state index contributed by atoms with van der Waals surface area (Å²) in [7, 11) is 0. The molecule has 29 heavy (non-hydrogen) atoms. The fraction of sp³-hybridized carbons (Fsp3) is 0.368. The average Bonchev–Trinajstić information content (AvgIpc) is 3.46. The number of aliphatic imine (C=N–C) groups is 1. The van der Waals surface area contributed by atoms with Crippen LogP contribution in [0.4, 0.5) is 11.8 Å². The van der Waals surface area contributed by atoms with E-state index in [4.69, 9.17) is 25.9 Å². The first-order valence-electron chi connectivity index (χ1n) is 9.48. The molecule has 0 saturated carbocycles. The van der Waals surface area contributed by atoms with Crippen molar-refractivity contribution in [1.29, 1.82) is 0 Å². The van der Waals surface area contributed by atoms with Crippen LogP contribution in [0.15, 0.2) is 40.0 Å². The van der Waals surface area contributed by atoms with Crippen LogP contribution >= 0.6 is 11.6 Å². The van der Waals surface area contributed by atoms with Crippen LogP contribution in [0.2, 0.25) is 5.28 Å². The van der Waals surface area contributed by atoms with E-state index >= 15 is 0 Å². The van der Waals surface area contributed by atoms with Crippen LogP contribution in [0.3, 0.4) is 0 Å². The van der Waals surface area contributed by atoms with Crippen LogP contribution in [-0.2, 0) is 4.74 Å². The van der Waals surface area contributed by atoms with Gasteiger partial charge >= 0.3 is 0 Å². The molecule has 9 nitrogen and oxygen atoms in total. The van der Waals surface area contributed by atoms with Crippen LogP contribution < -0.4 is 10.0 Å². The minimum Gasteiger partial charge on any atom is -0.362 e. The number of nitrogens with zero attached hydrogens (tertiary/aromatic N) is 7. The van der Waals surface area contributed by atoms with Crippen LogP contribution in [0, 0.1) is 0 Å². The van der Waals surface area contributed by atoms with E-state index in [1.165, 1.54) is 0 Å². The molecule has 1 fully saturated rings. The molecule has 1 atom stereocenters. The Labute approximate surface area is 171 Å². The van der Waals surface area contributed by atoms with E-state index in [0.717, 1.165) is 35.7 Å². The predicted octanol–water partition coefficient (Wildman–Crippen LogP) is 3.50. The van der Waals surface area contributed by atoms with Crippen molar-refractivity contribution < 1.29 is 9.26 Å². The maximum atomic E-state index is 6.39. The molecule has 148 valence electrons. The van der Waals surface area contributed by atoms with Gasteiger partial charge in [0.15, 0.2) is 11.7 Å². The van der Waals surface area contributed by atoms with Gasteiger partial charge in [-0.25, -0.2) is 20.0 Å². The van der Waals surface area contributed by atoms with Crippen molar-refractivity contribution in [3.63, 3.8) is 0 Å². The highest BCUT2D eigenvalue weighted by molar-refractivity contribution is 6.29. The Balaban J connectivity index is 1.39.